The third-order valence-corrected chi connectivity index (χ3v) is 3.97. The van der Waals surface area contributed by atoms with Crippen LogP contribution < -0.4 is 18.9 Å². The van der Waals surface area contributed by atoms with E-state index >= 15 is 0 Å². The molecule has 3 rings (SSSR count). The normalized spacial score (nSPS) is 15.8. The highest BCUT2D eigenvalue weighted by atomic mass is 19.4. The number of benzene rings is 2. The maximum Gasteiger partial charge on any atom is 0.430 e. The predicted octanol–water partition coefficient (Wildman–Crippen LogP) is 4.29. The Hall–Kier alpha value is -3.36. The molecule has 0 radical (unpaired) electrons. The van der Waals surface area contributed by atoms with Gasteiger partial charge in [-0.05, 0) is 30.3 Å². The van der Waals surface area contributed by atoms with Crippen molar-refractivity contribution < 1.29 is 42.0 Å². The van der Waals surface area contributed by atoms with E-state index in [1.165, 1.54) is 32.4 Å². The quantitative estimate of drug-likeness (QED) is 0.813. The van der Waals surface area contributed by atoms with Crippen LogP contribution >= 0.6 is 0 Å². The number of hydrogen-bond acceptors (Lipinski definition) is 5. The van der Waals surface area contributed by atoms with Crippen molar-refractivity contribution in [2.24, 2.45) is 0 Å². The largest absolute Gasteiger partial charge is 0.493 e. The van der Waals surface area contributed by atoms with E-state index in [0.717, 1.165) is 6.08 Å². The highest BCUT2D eigenvalue weighted by Crippen LogP contribution is 2.43. The van der Waals surface area contributed by atoms with Crippen molar-refractivity contribution in [1.29, 1.82) is 0 Å². The molecular weight excluding hydrogens is 381 g/mol. The van der Waals surface area contributed by atoms with Crippen molar-refractivity contribution >= 4 is 12.0 Å². The summed E-state index contributed by atoms with van der Waals surface area (Å²) in [6.07, 6.45) is -6.52. The number of hydrogen-bond donors (Lipinski definition) is 1. The molecule has 0 aromatic heterocycles. The fourth-order valence-electron chi connectivity index (χ4n) is 2.69. The average molecular weight is 396 g/mol. The maximum atomic E-state index is 13.2. The van der Waals surface area contributed by atoms with Gasteiger partial charge in [-0.2, -0.15) is 13.2 Å². The molecule has 0 saturated carbocycles. The first kappa shape index (κ1) is 19.4. The molecule has 1 heterocycles. The lowest BCUT2D eigenvalue weighted by molar-refractivity contribution is -0.187. The summed E-state index contributed by atoms with van der Waals surface area (Å²) in [6.45, 7) is 0. The van der Waals surface area contributed by atoms with Gasteiger partial charge in [-0.1, -0.05) is 6.07 Å². The molecule has 2 aromatic carbocycles. The van der Waals surface area contributed by atoms with E-state index in [2.05, 4.69) is 0 Å². The van der Waals surface area contributed by atoms with Crippen molar-refractivity contribution in [3.8, 4) is 28.7 Å². The molecular formula is C19H15F3O6. The van der Waals surface area contributed by atoms with Crippen LogP contribution in [0.1, 0.15) is 5.56 Å². The van der Waals surface area contributed by atoms with Crippen molar-refractivity contribution in [3.63, 3.8) is 0 Å². The third-order valence-electron chi connectivity index (χ3n) is 3.97. The summed E-state index contributed by atoms with van der Waals surface area (Å²) >= 11 is 0. The van der Waals surface area contributed by atoms with Gasteiger partial charge in [0.2, 0.25) is 11.9 Å². The molecule has 0 amide bonds. The van der Waals surface area contributed by atoms with E-state index < -0.39 is 23.8 Å². The molecule has 0 aliphatic carbocycles. The second-order valence-corrected chi connectivity index (χ2v) is 5.74. The minimum atomic E-state index is -4.88. The number of ether oxygens (including phenoxy) is 4. The summed E-state index contributed by atoms with van der Waals surface area (Å²) in [6, 6.07) is 9.07. The Morgan fingerprint density at radius 3 is 2.29 bits per heavy atom. The molecule has 6 nitrogen and oxygen atoms in total. The smallest absolute Gasteiger partial charge is 0.430 e. The Morgan fingerprint density at radius 2 is 1.75 bits per heavy atom. The number of rotatable bonds is 5. The summed E-state index contributed by atoms with van der Waals surface area (Å²) in [5.74, 6) is -0.740. The van der Waals surface area contributed by atoms with Crippen LogP contribution in [0.15, 0.2) is 42.0 Å². The summed E-state index contributed by atoms with van der Waals surface area (Å²) in [5.41, 5.74) is -0.697. The van der Waals surface area contributed by atoms with Crippen molar-refractivity contribution in [2.45, 2.75) is 12.3 Å². The number of carboxylic acid groups (broad SMARTS) is 1. The lowest BCUT2D eigenvalue weighted by atomic mass is 10.0. The Balaban J connectivity index is 1.99. The van der Waals surface area contributed by atoms with E-state index in [9.17, 15) is 18.0 Å². The van der Waals surface area contributed by atoms with Gasteiger partial charge < -0.3 is 24.1 Å². The fourth-order valence-corrected chi connectivity index (χ4v) is 2.69. The number of halogens is 3. The highest BCUT2D eigenvalue weighted by Gasteiger charge is 2.48. The second kappa shape index (κ2) is 7.34. The first-order valence-electron chi connectivity index (χ1n) is 7.95. The van der Waals surface area contributed by atoms with Crippen LogP contribution in [0.25, 0.3) is 6.08 Å². The van der Waals surface area contributed by atoms with E-state index in [1.807, 2.05) is 0 Å². The standard InChI is InChI=1S/C19H15F3O6/c1-25-13-4-3-5-14(26-2)16(13)27-11-7-6-10-8-12(18(23)24)17(19(20,21)22)28-15(10)9-11/h3-9,17H,1-2H3,(H,23,24). The van der Waals surface area contributed by atoms with Crippen molar-refractivity contribution in [3.05, 3.63) is 47.5 Å². The third kappa shape index (κ3) is 3.68. The Morgan fingerprint density at radius 1 is 1.11 bits per heavy atom. The van der Waals surface area contributed by atoms with Gasteiger partial charge in [0, 0.05) is 11.6 Å². The van der Waals surface area contributed by atoms with E-state index in [1.54, 1.807) is 18.2 Å². The van der Waals surface area contributed by atoms with Crippen molar-refractivity contribution in [2.75, 3.05) is 14.2 Å². The fraction of sp³-hybridized carbons (Fsp3) is 0.211. The average Bonchev–Trinajstić information content (AvgIpc) is 2.66. The zero-order valence-electron chi connectivity index (χ0n) is 14.7. The summed E-state index contributed by atoms with van der Waals surface area (Å²) < 4.78 is 60.7. The van der Waals surface area contributed by atoms with Crippen LogP contribution in [0.2, 0.25) is 0 Å². The number of methoxy groups -OCH3 is 2. The number of carbonyl (C=O) groups is 1. The Labute approximate surface area is 157 Å². The van der Waals surface area contributed by atoms with Gasteiger partial charge in [0.05, 0.1) is 19.8 Å². The molecule has 1 N–H and O–H groups in total. The van der Waals surface area contributed by atoms with Crippen LogP contribution in [-0.4, -0.2) is 37.6 Å². The number of para-hydroxylation sites is 1. The van der Waals surface area contributed by atoms with Crippen LogP contribution in [0.4, 0.5) is 13.2 Å². The SMILES string of the molecule is COc1cccc(OC)c1Oc1ccc2c(c1)OC(C(F)(F)F)C(C(=O)O)=C2. The van der Waals surface area contributed by atoms with Gasteiger partial charge in [-0.25, -0.2) is 4.79 Å². The van der Waals surface area contributed by atoms with E-state index in [4.69, 9.17) is 24.1 Å². The van der Waals surface area contributed by atoms with Gasteiger partial charge in [-0.3, -0.25) is 0 Å². The topological polar surface area (TPSA) is 74.2 Å². The molecule has 1 unspecified atom stereocenters. The molecule has 0 fully saturated rings. The number of alkyl halides is 3. The molecule has 1 aliphatic rings. The van der Waals surface area contributed by atoms with Gasteiger partial charge in [0.1, 0.15) is 11.5 Å². The van der Waals surface area contributed by atoms with Crippen LogP contribution in [0, 0.1) is 0 Å². The lowest BCUT2D eigenvalue weighted by Gasteiger charge is -2.27. The zero-order valence-corrected chi connectivity index (χ0v) is 14.7. The molecule has 2 aromatic rings. The predicted molar refractivity (Wildman–Crippen MR) is 92.1 cm³/mol. The molecule has 28 heavy (non-hydrogen) atoms. The zero-order chi connectivity index (χ0) is 20.5. The molecule has 1 atom stereocenters. The maximum absolute atomic E-state index is 13.2. The molecule has 9 heteroatoms. The monoisotopic (exact) mass is 396 g/mol. The van der Waals surface area contributed by atoms with Crippen LogP contribution in [0.5, 0.6) is 28.7 Å². The van der Waals surface area contributed by atoms with E-state index in [0.29, 0.717) is 11.5 Å². The first-order chi connectivity index (χ1) is 13.2. The van der Waals surface area contributed by atoms with Crippen LogP contribution in [-0.2, 0) is 4.79 Å². The highest BCUT2D eigenvalue weighted by molar-refractivity contribution is 5.95. The molecule has 148 valence electrons. The van der Waals surface area contributed by atoms with Crippen molar-refractivity contribution in [1.82, 2.24) is 0 Å². The summed E-state index contributed by atoms with van der Waals surface area (Å²) in [5, 5.41) is 9.06. The minimum absolute atomic E-state index is 0.154. The minimum Gasteiger partial charge on any atom is -0.493 e. The Kier molecular flexibility index (Phi) is 5.08. The molecule has 1 aliphatic heterocycles. The Bertz CT molecular complexity index is 914. The second-order valence-electron chi connectivity index (χ2n) is 5.74. The molecule has 0 spiro atoms. The summed E-state index contributed by atoms with van der Waals surface area (Å²) in [4.78, 5) is 11.2. The lowest BCUT2D eigenvalue weighted by Crippen LogP contribution is -2.40. The first-order valence-corrected chi connectivity index (χ1v) is 7.95. The molecule has 0 saturated heterocycles. The van der Waals surface area contributed by atoms with Gasteiger partial charge in [0.25, 0.3) is 0 Å². The van der Waals surface area contributed by atoms with Gasteiger partial charge >= 0.3 is 12.1 Å². The van der Waals surface area contributed by atoms with Gasteiger partial charge in [-0.15, -0.1) is 0 Å². The van der Waals surface area contributed by atoms with Crippen LogP contribution in [0.3, 0.4) is 0 Å². The molecule has 0 bridgehead atoms. The number of aliphatic carboxylic acids is 1. The van der Waals surface area contributed by atoms with Gasteiger partial charge in [0.15, 0.2) is 11.5 Å². The number of carboxylic acids is 1. The summed E-state index contributed by atoms with van der Waals surface area (Å²) in [7, 11) is 2.87. The number of fused-ring (bicyclic) bond motifs is 1. The van der Waals surface area contributed by atoms with E-state index in [-0.39, 0.29) is 22.8 Å².